The number of aromatic nitrogens is 3. The maximum Gasteiger partial charge on any atom is 0.255 e. The van der Waals surface area contributed by atoms with Crippen LogP contribution < -0.4 is 14.5 Å². The first-order chi connectivity index (χ1) is 15.8. The van der Waals surface area contributed by atoms with Crippen molar-refractivity contribution >= 4 is 17.5 Å². The third-order valence-corrected chi connectivity index (χ3v) is 6.44. The van der Waals surface area contributed by atoms with Gasteiger partial charge in [0.05, 0.1) is 18.8 Å². The number of anilines is 2. The highest BCUT2D eigenvalue weighted by molar-refractivity contribution is 5.94. The topological polar surface area (TPSA) is 83.9 Å². The second-order valence-corrected chi connectivity index (χ2v) is 8.54. The van der Waals surface area contributed by atoms with Crippen LogP contribution in [0.5, 0.6) is 5.88 Å². The Morgan fingerprint density at radius 1 is 0.875 bits per heavy atom. The average molecular weight is 439 g/mol. The van der Waals surface area contributed by atoms with Crippen molar-refractivity contribution in [1.82, 2.24) is 20.1 Å². The molecule has 0 aromatic carbocycles. The molecule has 2 saturated heterocycles. The molecule has 32 heavy (non-hydrogen) atoms. The van der Waals surface area contributed by atoms with E-state index in [1.165, 1.54) is 12.8 Å². The summed E-state index contributed by atoms with van der Waals surface area (Å²) in [4.78, 5) is 23.5. The number of pyridine rings is 1. The number of carbonyl (C=O) groups excluding carboxylic acids is 1. The molecular weight excluding hydrogens is 408 g/mol. The number of carbonyl (C=O) groups is 1. The lowest BCUT2D eigenvalue weighted by molar-refractivity contribution is 0.0746. The fourth-order valence-corrected chi connectivity index (χ4v) is 4.52. The molecule has 0 unspecified atom stereocenters. The predicted molar refractivity (Wildman–Crippen MR) is 120 cm³/mol. The van der Waals surface area contributed by atoms with Gasteiger partial charge in [-0.2, -0.15) is 0 Å². The molecule has 5 rings (SSSR count). The Labute approximate surface area is 188 Å². The first kappa shape index (κ1) is 20.9. The van der Waals surface area contributed by atoms with Crippen LogP contribution in [0.2, 0.25) is 0 Å². The third kappa shape index (κ3) is 4.77. The van der Waals surface area contributed by atoms with Crippen LogP contribution in [-0.4, -0.2) is 84.6 Å². The van der Waals surface area contributed by atoms with Gasteiger partial charge in [-0.25, -0.2) is 4.98 Å². The fourth-order valence-electron chi connectivity index (χ4n) is 4.52. The second kappa shape index (κ2) is 9.68. The minimum Gasteiger partial charge on any atom is -0.474 e. The van der Waals surface area contributed by atoms with Crippen molar-refractivity contribution in [2.24, 2.45) is 0 Å². The van der Waals surface area contributed by atoms with Crippen LogP contribution in [0.15, 0.2) is 30.5 Å². The van der Waals surface area contributed by atoms with Gasteiger partial charge in [-0.05, 0) is 43.9 Å². The molecule has 0 N–H and O–H groups in total. The Balaban J connectivity index is 1.13. The molecule has 0 atom stereocenters. The van der Waals surface area contributed by atoms with Crippen LogP contribution in [0.3, 0.4) is 0 Å². The van der Waals surface area contributed by atoms with E-state index in [2.05, 4.69) is 25.0 Å². The standard InChI is InChI=1S/C23H30N6O3/c30-23(18-5-8-22(24-17-18)32-19-3-1-2-4-19)29-11-9-27(10-12-29)20-6-7-21(26-25-20)28-13-15-31-16-14-28/h5-8,17,19H,1-4,9-16H2. The van der Waals surface area contributed by atoms with Gasteiger partial charge in [0, 0.05) is 51.5 Å². The van der Waals surface area contributed by atoms with Crippen molar-refractivity contribution in [2.45, 2.75) is 31.8 Å². The van der Waals surface area contributed by atoms with Gasteiger partial charge in [0.25, 0.3) is 5.91 Å². The maximum atomic E-state index is 12.9. The molecule has 9 heteroatoms. The highest BCUT2D eigenvalue weighted by atomic mass is 16.5. The summed E-state index contributed by atoms with van der Waals surface area (Å²) >= 11 is 0. The highest BCUT2D eigenvalue weighted by Crippen LogP contribution is 2.23. The minimum atomic E-state index is 0.0123. The number of amides is 1. The molecule has 2 aliphatic heterocycles. The Morgan fingerprint density at radius 2 is 1.53 bits per heavy atom. The van der Waals surface area contributed by atoms with Gasteiger partial charge in [0.15, 0.2) is 11.6 Å². The molecule has 4 heterocycles. The number of ether oxygens (including phenoxy) is 2. The molecule has 170 valence electrons. The van der Waals surface area contributed by atoms with Crippen LogP contribution in [-0.2, 0) is 4.74 Å². The zero-order valence-corrected chi connectivity index (χ0v) is 18.4. The molecule has 1 aliphatic carbocycles. The Kier molecular flexibility index (Phi) is 6.34. The summed E-state index contributed by atoms with van der Waals surface area (Å²) in [6.07, 6.45) is 6.52. The third-order valence-electron chi connectivity index (χ3n) is 6.44. The van der Waals surface area contributed by atoms with E-state index in [0.29, 0.717) is 24.5 Å². The average Bonchev–Trinajstić information content (AvgIpc) is 3.38. The molecule has 0 spiro atoms. The predicted octanol–water partition coefficient (Wildman–Crippen LogP) is 1.99. The number of piperazine rings is 1. The summed E-state index contributed by atoms with van der Waals surface area (Å²) in [6, 6.07) is 7.67. The van der Waals surface area contributed by atoms with Crippen molar-refractivity contribution in [3.05, 3.63) is 36.0 Å². The Bertz CT molecular complexity index is 887. The summed E-state index contributed by atoms with van der Waals surface area (Å²) < 4.78 is 11.3. The van der Waals surface area contributed by atoms with Crippen molar-refractivity contribution in [2.75, 3.05) is 62.3 Å². The van der Waals surface area contributed by atoms with Crippen molar-refractivity contribution in [1.29, 1.82) is 0 Å². The van der Waals surface area contributed by atoms with Gasteiger partial charge in [0.1, 0.15) is 6.10 Å². The van der Waals surface area contributed by atoms with E-state index in [-0.39, 0.29) is 12.0 Å². The van der Waals surface area contributed by atoms with Crippen molar-refractivity contribution in [3.63, 3.8) is 0 Å². The smallest absolute Gasteiger partial charge is 0.255 e. The number of nitrogens with zero attached hydrogens (tertiary/aromatic N) is 6. The van der Waals surface area contributed by atoms with E-state index < -0.39 is 0 Å². The summed E-state index contributed by atoms with van der Waals surface area (Å²) in [5.41, 5.74) is 0.604. The Morgan fingerprint density at radius 3 is 2.12 bits per heavy atom. The van der Waals surface area contributed by atoms with E-state index >= 15 is 0 Å². The van der Waals surface area contributed by atoms with Crippen molar-refractivity contribution in [3.8, 4) is 5.88 Å². The largest absolute Gasteiger partial charge is 0.474 e. The van der Waals surface area contributed by atoms with E-state index in [0.717, 1.165) is 63.9 Å². The molecule has 2 aromatic heterocycles. The molecule has 3 fully saturated rings. The minimum absolute atomic E-state index is 0.0123. The summed E-state index contributed by atoms with van der Waals surface area (Å²) in [5.74, 6) is 2.36. The van der Waals surface area contributed by atoms with Crippen molar-refractivity contribution < 1.29 is 14.3 Å². The molecule has 2 aromatic rings. The van der Waals surface area contributed by atoms with Gasteiger partial charge in [-0.15, -0.1) is 10.2 Å². The van der Waals surface area contributed by atoms with Crippen LogP contribution >= 0.6 is 0 Å². The van der Waals surface area contributed by atoms with Crippen LogP contribution in [0.25, 0.3) is 0 Å². The number of rotatable bonds is 5. The fraction of sp³-hybridized carbons (Fsp3) is 0.565. The SMILES string of the molecule is O=C(c1ccc(OC2CCCC2)nc1)N1CCN(c2ccc(N3CCOCC3)nn2)CC1. The molecule has 0 bridgehead atoms. The molecule has 1 amide bonds. The number of morpholine rings is 1. The first-order valence-electron chi connectivity index (χ1n) is 11.6. The number of hydrogen-bond acceptors (Lipinski definition) is 8. The van der Waals surface area contributed by atoms with Gasteiger partial charge < -0.3 is 24.2 Å². The van der Waals surface area contributed by atoms with E-state index in [1.54, 1.807) is 6.20 Å². The quantitative estimate of drug-likeness (QED) is 0.701. The molecule has 9 nitrogen and oxygen atoms in total. The lowest BCUT2D eigenvalue weighted by Gasteiger charge is -2.35. The summed E-state index contributed by atoms with van der Waals surface area (Å²) in [6.45, 7) is 5.89. The monoisotopic (exact) mass is 438 g/mol. The zero-order valence-electron chi connectivity index (χ0n) is 18.4. The van der Waals surface area contributed by atoms with Gasteiger partial charge >= 0.3 is 0 Å². The van der Waals surface area contributed by atoms with Gasteiger partial charge in [-0.1, -0.05) is 0 Å². The first-order valence-corrected chi connectivity index (χ1v) is 11.6. The highest BCUT2D eigenvalue weighted by Gasteiger charge is 2.24. The second-order valence-electron chi connectivity index (χ2n) is 8.54. The van der Waals surface area contributed by atoms with Crippen LogP contribution in [0.1, 0.15) is 36.0 Å². The number of hydrogen-bond donors (Lipinski definition) is 0. The Hall–Kier alpha value is -2.94. The summed E-state index contributed by atoms with van der Waals surface area (Å²) in [7, 11) is 0. The summed E-state index contributed by atoms with van der Waals surface area (Å²) in [5, 5.41) is 8.83. The lowest BCUT2D eigenvalue weighted by Crippen LogP contribution is -2.49. The van der Waals surface area contributed by atoms with Gasteiger partial charge in [-0.3, -0.25) is 4.79 Å². The maximum absolute atomic E-state index is 12.9. The van der Waals surface area contributed by atoms with Crippen LogP contribution in [0.4, 0.5) is 11.6 Å². The molecule has 1 saturated carbocycles. The van der Waals surface area contributed by atoms with Crippen LogP contribution in [0, 0.1) is 0 Å². The normalized spacial score (nSPS) is 19.9. The van der Waals surface area contributed by atoms with E-state index in [9.17, 15) is 4.79 Å². The molecule has 3 aliphatic rings. The molecular formula is C23H30N6O3. The molecule has 0 radical (unpaired) electrons. The lowest BCUT2D eigenvalue weighted by atomic mass is 10.2. The van der Waals surface area contributed by atoms with Gasteiger partial charge in [0.2, 0.25) is 5.88 Å². The van der Waals surface area contributed by atoms with E-state index in [1.807, 2.05) is 29.2 Å². The van der Waals surface area contributed by atoms with E-state index in [4.69, 9.17) is 9.47 Å². The zero-order chi connectivity index (χ0) is 21.8.